The fraction of sp³-hybridized carbons (Fsp3) is 0.286. The van der Waals surface area contributed by atoms with E-state index in [0.29, 0.717) is 6.54 Å². The average molecular weight is 445 g/mol. The van der Waals surface area contributed by atoms with E-state index in [2.05, 4.69) is 44.5 Å². The van der Waals surface area contributed by atoms with Gasteiger partial charge in [0.2, 0.25) is 5.91 Å². The number of aromatic amines is 1. The molecule has 1 amide bonds. The van der Waals surface area contributed by atoms with E-state index in [-0.39, 0.29) is 11.9 Å². The zero-order valence-electron chi connectivity index (χ0n) is 15.5. The molecular weight excluding hydrogens is 424 g/mol. The van der Waals surface area contributed by atoms with E-state index >= 15 is 0 Å². The molecule has 3 aromatic rings. The Morgan fingerprint density at radius 3 is 2.85 bits per heavy atom. The van der Waals surface area contributed by atoms with E-state index in [4.69, 9.17) is 4.74 Å². The summed E-state index contributed by atoms with van der Waals surface area (Å²) in [5.41, 5.74) is 4.48. The van der Waals surface area contributed by atoms with Crippen LogP contribution in [0.25, 0.3) is 10.9 Å². The largest absolute Gasteiger partial charge is 0.497 e. The molecule has 2 aromatic heterocycles. The number of carbonyl (C=O) groups is 1. The highest BCUT2D eigenvalue weighted by Crippen LogP contribution is 2.42. The second-order valence-electron chi connectivity index (χ2n) is 7.00. The van der Waals surface area contributed by atoms with Gasteiger partial charge < -0.3 is 14.6 Å². The molecule has 0 saturated heterocycles. The quantitative estimate of drug-likeness (QED) is 0.546. The van der Waals surface area contributed by atoms with Gasteiger partial charge in [0, 0.05) is 43.9 Å². The van der Waals surface area contributed by atoms with E-state index in [9.17, 15) is 4.79 Å². The lowest BCUT2D eigenvalue weighted by Gasteiger charge is -2.35. The van der Waals surface area contributed by atoms with Crippen LogP contribution in [0.3, 0.4) is 0 Å². The van der Waals surface area contributed by atoms with Crippen LogP contribution in [0.2, 0.25) is 0 Å². The van der Waals surface area contributed by atoms with Gasteiger partial charge >= 0.3 is 0 Å². The van der Waals surface area contributed by atoms with Crippen molar-refractivity contribution < 1.29 is 9.53 Å². The number of halogens is 1. The van der Waals surface area contributed by atoms with E-state index in [1.54, 1.807) is 24.5 Å². The highest BCUT2D eigenvalue weighted by atomic mass is 79.9. The minimum absolute atomic E-state index is 0.0615. The Balaban J connectivity index is 1.88. The van der Waals surface area contributed by atoms with Crippen molar-refractivity contribution in [3.8, 4) is 5.75 Å². The first-order valence-corrected chi connectivity index (χ1v) is 10.5. The number of allylic oxidation sites excluding steroid dienone is 1. The Labute approximate surface area is 171 Å². The number of nitrogens with zero attached hydrogens (tertiary/aromatic N) is 1. The molecule has 1 aliphatic rings. The molecule has 27 heavy (non-hydrogen) atoms. The molecular formula is C21H21BrN2O2S. The van der Waals surface area contributed by atoms with E-state index in [1.807, 2.05) is 24.8 Å². The number of carbonyl (C=O) groups excluding carboxylic acids is 1. The van der Waals surface area contributed by atoms with Crippen molar-refractivity contribution in [3.05, 3.63) is 61.9 Å². The molecule has 140 valence electrons. The summed E-state index contributed by atoms with van der Waals surface area (Å²) in [6, 6.07) is 8.11. The molecule has 6 heteroatoms. The van der Waals surface area contributed by atoms with Gasteiger partial charge in [0.05, 0.1) is 7.11 Å². The molecule has 1 atom stereocenters. The first-order valence-electron chi connectivity index (χ1n) is 8.86. The number of hydrogen-bond acceptors (Lipinski definition) is 3. The maximum Gasteiger partial charge on any atom is 0.247 e. The van der Waals surface area contributed by atoms with Gasteiger partial charge in [-0.05, 0) is 66.0 Å². The lowest BCUT2D eigenvalue weighted by atomic mass is 9.96. The predicted octanol–water partition coefficient (Wildman–Crippen LogP) is 5.44. The van der Waals surface area contributed by atoms with Crippen molar-refractivity contribution in [2.45, 2.75) is 26.3 Å². The Kier molecular flexibility index (Phi) is 4.86. The van der Waals surface area contributed by atoms with Crippen molar-refractivity contribution in [1.82, 2.24) is 9.88 Å². The van der Waals surface area contributed by atoms with Crippen LogP contribution in [0.4, 0.5) is 0 Å². The summed E-state index contributed by atoms with van der Waals surface area (Å²) in [6.07, 6.45) is 2.56. The summed E-state index contributed by atoms with van der Waals surface area (Å²) in [5, 5.41) is 3.25. The standard InChI is InChI=1S/C21H21BrN2O2S/c1-12(2)8-19(25)24-7-6-15-16-10-14(26-3)4-5-17(16)23-20(15)21(24)18-9-13(22)11-27-18/h4-5,8-11,21,23H,6-7H2,1-3H3. The summed E-state index contributed by atoms with van der Waals surface area (Å²) >= 11 is 5.23. The second kappa shape index (κ2) is 7.17. The van der Waals surface area contributed by atoms with Crippen molar-refractivity contribution in [2.24, 2.45) is 0 Å². The normalized spacial score (nSPS) is 16.3. The summed E-state index contributed by atoms with van der Waals surface area (Å²) < 4.78 is 6.45. The lowest BCUT2D eigenvalue weighted by molar-refractivity contribution is -0.128. The Hall–Kier alpha value is -2.05. The number of amides is 1. The number of rotatable bonds is 3. The molecule has 1 aliphatic heterocycles. The SMILES string of the molecule is COc1ccc2[nH]c3c(c2c1)CCN(C(=O)C=C(C)C)C3c1cc(Br)cs1. The minimum atomic E-state index is -0.105. The maximum absolute atomic E-state index is 12.9. The second-order valence-corrected chi connectivity index (χ2v) is 8.86. The molecule has 1 N–H and O–H groups in total. The van der Waals surface area contributed by atoms with Crippen LogP contribution >= 0.6 is 27.3 Å². The van der Waals surface area contributed by atoms with Gasteiger partial charge in [-0.15, -0.1) is 11.3 Å². The molecule has 0 saturated carbocycles. The number of aromatic nitrogens is 1. The van der Waals surface area contributed by atoms with Gasteiger partial charge in [0.1, 0.15) is 11.8 Å². The maximum atomic E-state index is 12.9. The van der Waals surface area contributed by atoms with E-state index < -0.39 is 0 Å². The third-order valence-corrected chi connectivity index (χ3v) is 6.63. The highest BCUT2D eigenvalue weighted by molar-refractivity contribution is 9.10. The Bertz CT molecular complexity index is 1050. The molecule has 0 aliphatic carbocycles. The summed E-state index contributed by atoms with van der Waals surface area (Å²) in [6.45, 7) is 4.61. The number of nitrogens with one attached hydrogen (secondary N) is 1. The average Bonchev–Trinajstić information content (AvgIpc) is 3.22. The zero-order valence-corrected chi connectivity index (χ0v) is 17.9. The van der Waals surface area contributed by atoms with Crippen LogP contribution in [0, 0.1) is 0 Å². The first kappa shape index (κ1) is 18.3. The van der Waals surface area contributed by atoms with Crippen molar-refractivity contribution in [3.63, 3.8) is 0 Å². The molecule has 1 aromatic carbocycles. The van der Waals surface area contributed by atoms with Gasteiger partial charge in [-0.25, -0.2) is 0 Å². The van der Waals surface area contributed by atoms with Crippen LogP contribution in [0.15, 0.2) is 45.8 Å². The predicted molar refractivity (Wildman–Crippen MR) is 114 cm³/mol. The van der Waals surface area contributed by atoms with Gasteiger partial charge in [-0.3, -0.25) is 4.79 Å². The Morgan fingerprint density at radius 1 is 1.37 bits per heavy atom. The van der Waals surface area contributed by atoms with Gasteiger partial charge in [0.25, 0.3) is 0 Å². The molecule has 4 rings (SSSR count). The Morgan fingerprint density at radius 2 is 2.19 bits per heavy atom. The number of ether oxygens (including phenoxy) is 1. The molecule has 0 spiro atoms. The molecule has 0 radical (unpaired) electrons. The van der Waals surface area contributed by atoms with Crippen molar-refractivity contribution >= 4 is 44.1 Å². The van der Waals surface area contributed by atoms with Gasteiger partial charge in [-0.2, -0.15) is 0 Å². The first-order chi connectivity index (χ1) is 13.0. The third-order valence-electron chi connectivity index (χ3n) is 4.89. The van der Waals surface area contributed by atoms with Crippen LogP contribution in [0.1, 0.15) is 36.0 Å². The monoisotopic (exact) mass is 444 g/mol. The van der Waals surface area contributed by atoms with Gasteiger partial charge in [-0.1, -0.05) is 5.57 Å². The molecule has 0 fully saturated rings. The fourth-order valence-corrected chi connectivity index (χ4v) is 5.29. The number of hydrogen-bond donors (Lipinski definition) is 1. The summed E-state index contributed by atoms with van der Waals surface area (Å²) in [5.74, 6) is 0.911. The van der Waals surface area contributed by atoms with E-state index in [1.165, 1.54) is 10.9 Å². The highest BCUT2D eigenvalue weighted by Gasteiger charge is 2.34. The number of fused-ring (bicyclic) bond motifs is 3. The van der Waals surface area contributed by atoms with Crippen LogP contribution in [0.5, 0.6) is 5.75 Å². The van der Waals surface area contributed by atoms with Crippen molar-refractivity contribution in [1.29, 1.82) is 0 Å². The molecule has 1 unspecified atom stereocenters. The summed E-state index contributed by atoms with van der Waals surface area (Å²) in [7, 11) is 1.69. The summed E-state index contributed by atoms with van der Waals surface area (Å²) in [4.78, 5) is 19.6. The van der Waals surface area contributed by atoms with Crippen LogP contribution in [-0.4, -0.2) is 29.4 Å². The number of H-pyrrole nitrogens is 1. The number of methoxy groups -OCH3 is 1. The van der Waals surface area contributed by atoms with Gasteiger partial charge in [0.15, 0.2) is 0 Å². The number of benzene rings is 1. The molecule has 3 heterocycles. The van der Waals surface area contributed by atoms with Crippen LogP contribution < -0.4 is 4.74 Å². The zero-order chi connectivity index (χ0) is 19.1. The fourth-order valence-electron chi connectivity index (χ4n) is 3.73. The van der Waals surface area contributed by atoms with E-state index in [0.717, 1.165) is 38.3 Å². The smallest absolute Gasteiger partial charge is 0.247 e. The van der Waals surface area contributed by atoms with Crippen LogP contribution in [-0.2, 0) is 11.2 Å². The minimum Gasteiger partial charge on any atom is -0.497 e. The molecule has 4 nitrogen and oxygen atoms in total. The lowest BCUT2D eigenvalue weighted by Crippen LogP contribution is -2.39. The van der Waals surface area contributed by atoms with Crippen molar-refractivity contribution in [2.75, 3.05) is 13.7 Å². The number of thiophene rings is 1. The third kappa shape index (κ3) is 3.32. The topological polar surface area (TPSA) is 45.3 Å². The molecule has 0 bridgehead atoms.